The Balaban J connectivity index is 1.47. The molecule has 1 aliphatic carbocycles. The van der Waals surface area contributed by atoms with E-state index in [2.05, 4.69) is 15.6 Å². The fourth-order valence-corrected chi connectivity index (χ4v) is 3.16. The van der Waals surface area contributed by atoms with E-state index >= 15 is 0 Å². The molecule has 3 rings (SSSR count). The number of carbonyl (C=O) groups is 2. The average Bonchev–Trinajstić information content (AvgIpc) is 2.99. The Morgan fingerprint density at radius 3 is 2.38 bits per heavy atom. The van der Waals surface area contributed by atoms with Crippen molar-refractivity contribution in [3.05, 3.63) is 36.3 Å². The summed E-state index contributed by atoms with van der Waals surface area (Å²) in [5, 5.41) is 5.96. The van der Waals surface area contributed by atoms with E-state index in [9.17, 15) is 9.59 Å². The van der Waals surface area contributed by atoms with Gasteiger partial charge < -0.3 is 19.8 Å². The minimum absolute atomic E-state index is 0.0909. The van der Waals surface area contributed by atoms with Crippen LogP contribution in [0.25, 0.3) is 5.65 Å². The Morgan fingerprint density at radius 1 is 1.12 bits per heavy atom. The summed E-state index contributed by atoms with van der Waals surface area (Å²) in [6, 6.07) is 5.85. The molecule has 140 valence electrons. The summed E-state index contributed by atoms with van der Waals surface area (Å²) in [6.07, 6.45) is 6.49. The van der Waals surface area contributed by atoms with Crippen LogP contribution in [0.3, 0.4) is 0 Å². The van der Waals surface area contributed by atoms with Gasteiger partial charge in [0.2, 0.25) is 0 Å². The lowest BCUT2D eigenvalue weighted by molar-refractivity contribution is 0.0488. The number of alkyl carbamates (subject to hydrolysis) is 1. The Labute approximate surface area is 153 Å². The van der Waals surface area contributed by atoms with Crippen molar-refractivity contribution >= 4 is 17.6 Å². The zero-order valence-electron chi connectivity index (χ0n) is 15.5. The zero-order valence-corrected chi connectivity index (χ0v) is 15.5. The number of hydrogen-bond acceptors (Lipinski definition) is 4. The summed E-state index contributed by atoms with van der Waals surface area (Å²) in [5.41, 5.74) is 0.678. The van der Waals surface area contributed by atoms with Crippen LogP contribution in [-0.2, 0) is 4.74 Å². The number of nitrogens with one attached hydrogen (secondary N) is 2. The van der Waals surface area contributed by atoms with Gasteiger partial charge in [-0.25, -0.2) is 9.78 Å². The number of pyridine rings is 1. The second-order valence-electron chi connectivity index (χ2n) is 7.76. The standard InChI is InChI=1S/C19H26N4O3/c1-19(2,3)26-18(25)21-14-9-7-13(8-10-14)20-17(24)15-12-23-11-5-4-6-16(23)22-15/h4-6,11-14H,7-10H2,1-3H3,(H,20,24)(H,21,25). The van der Waals surface area contributed by atoms with Crippen molar-refractivity contribution < 1.29 is 14.3 Å². The van der Waals surface area contributed by atoms with Crippen LogP contribution in [0.4, 0.5) is 4.79 Å². The Hall–Kier alpha value is -2.57. The van der Waals surface area contributed by atoms with Crippen molar-refractivity contribution in [1.82, 2.24) is 20.0 Å². The first kappa shape index (κ1) is 18.2. The molecule has 0 radical (unpaired) electrons. The molecule has 0 atom stereocenters. The van der Waals surface area contributed by atoms with E-state index in [1.165, 1.54) is 0 Å². The number of rotatable bonds is 3. The molecule has 0 spiro atoms. The molecule has 2 aromatic rings. The molecule has 2 aromatic heterocycles. The number of carbonyl (C=O) groups excluding carboxylic acids is 2. The molecule has 2 amide bonds. The minimum atomic E-state index is -0.497. The maximum atomic E-state index is 12.4. The number of imidazole rings is 1. The van der Waals surface area contributed by atoms with Gasteiger partial charge >= 0.3 is 6.09 Å². The summed E-state index contributed by atoms with van der Waals surface area (Å²) in [7, 11) is 0. The van der Waals surface area contributed by atoms with Gasteiger partial charge in [-0.1, -0.05) is 6.07 Å². The van der Waals surface area contributed by atoms with Gasteiger partial charge in [0.1, 0.15) is 16.9 Å². The SMILES string of the molecule is CC(C)(C)OC(=O)NC1CCC(NC(=O)c2cn3ccccc3n2)CC1. The summed E-state index contributed by atoms with van der Waals surface area (Å²) in [4.78, 5) is 28.6. The van der Waals surface area contributed by atoms with Gasteiger partial charge in [0.15, 0.2) is 0 Å². The first-order valence-electron chi connectivity index (χ1n) is 9.04. The van der Waals surface area contributed by atoms with Crippen molar-refractivity contribution in [2.75, 3.05) is 0 Å². The number of ether oxygens (including phenoxy) is 1. The number of nitrogens with zero attached hydrogens (tertiary/aromatic N) is 2. The molecule has 0 aliphatic heterocycles. The highest BCUT2D eigenvalue weighted by Crippen LogP contribution is 2.20. The number of amides is 2. The summed E-state index contributed by atoms with van der Waals surface area (Å²) < 4.78 is 7.12. The minimum Gasteiger partial charge on any atom is -0.444 e. The van der Waals surface area contributed by atoms with Crippen molar-refractivity contribution in [3.63, 3.8) is 0 Å². The van der Waals surface area contributed by atoms with E-state index in [-0.39, 0.29) is 24.1 Å². The van der Waals surface area contributed by atoms with Crippen LogP contribution in [0.15, 0.2) is 30.6 Å². The highest BCUT2D eigenvalue weighted by Gasteiger charge is 2.26. The summed E-state index contributed by atoms with van der Waals surface area (Å²) >= 11 is 0. The number of fused-ring (bicyclic) bond motifs is 1. The second-order valence-corrected chi connectivity index (χ2v) is 7.76. The van der Waals surface area contributed by atoms with Gasteiger partial charge in [0.05, 0.1) is 0 Å². The average molecular weight is 358 g/mol. The lowest BCUT2D eigenvalue weighted by Gasteiger charge is -2.30. The molecule has 7 nitrogen and oxygen atoms in total. The van der Waals surface area contributed by atoms with Crippen LogP contribution >= 0.6 is 0 Å². The van der Waals surface area contributed by atoms with Crippen LogP contribution in [0.1, 0.15) is 56.9 Å². The lowest BCUT2D eigenvalue weighted by atomic mass is 9.91. The molecule has 2 heterocycles. The van der Waals surface area contributed by atoms with E-state index in [1.54, 1.807) is 6.20 Å². The molecule has 2 N–H and O–H groups in total. The van der Waals surface area contributed by atoms with E-state index in [0.717, 1.165) is 31.3 Å². The van der Waals surface area contributed by atoms with E-state index in [0.29, 0.717) is 5.69 Å². The highest BCUT2D eigenvalue weighted by atomic mass is 16.6. The fraction of sp³-hybridized carbons (Fsp3) is 0.526. The molecule has 7 heteroatoms. The molecule has 0 unspecified atom stereocenters. The Bertz CT molecular complexity index is 752. The van der Waals surface area contributed by atoms with Gasteiger partial charge in [0.25, 0.3) is 5.91 Å². The molecule has 0 bridgehead atoms. The first-order chi connectivity index (χ1) is 12.3. The van der Waals surface area contributed by atoms with Crippen molar-refractivity contribution in [1.29, 1.82) is 0 Å². The van der Waals surface area contributed by atoms with Gasteiger partial charge in [-0.05, 0) is 58.6 Å². The molecule has 1 aliphatic rings. The third-order valence-electron chi connectivity index (χ3n) is 4.38. The van der Waals surface area contributed by atoms with Gasteiger partial charge in [-0.3, -0.25) is 4.79 Å². The molecule has 0 aromatic carbocycles. The monoisotopic (exact) mass is 358 g/mol. The third-order valence-corrected chi connectivity index (χ3v) is 4.38. The van der Waals surface area contributed by atoms with Gasteiger partial charge in [-0.2, -0.15) is 0 Å². The predicted octanol–water partition coefficient (Wildman–Crippen LogP) is 2.90. The first-order valence-corrected chi connectivity index (χ1v) is 9.04. The van der Waals surface area contributed by atoms with Crippen LogP contribution in [-0.4, -0.2) is 39.1 Å². The molecule has 0 saturated heterocycles. The lowest BCUT2D eigenvalue weighted by Crippen LogP contribution is -2.45. The van der Waals surface area contributed by atoms with Crippen molar-refractivity contribution in [2.24, 2.45) is 0 Å². The Kier molecular flexibility index (Phi) is 5.15. The Morgan fingerprint density at radius 2 is 1.77 bits per heavy atom. The quantitative estimate of drug-likeness (QED) is 0.883. The number of aromatic nitrogens is 2. The molecule has 1 fully saturated rings. The van der Waals surface area contributed by atoms with Crippen LogP contribution in [0.2, 0.25) is 0 Å². The maximum absolute atomic E-state index is 12.4. The molecular weight excluding hydrogens is 332 g/mol. The van der Waals surface area contributed by atoms with Crippen LogP contribution in [0, 0.1) is 0 Å². The van der Waals surface area contributed by atoms with Crippen LogP contribution < -0.4 is 10.6 Å². The second kappa shape index (κ2) is 7.35. The summed E-state index contributed by atoms with van der Waals surface area (Å²) in [6.45, 7) is 5.54. The smallest absolute Gasteiger partial charge is 0.407 e. The topological polar surface area (TPSA) is 84.7 Å². The van der Waals surface area contributed by atoms with Crippen molar-refractivity contribution in [2.45, 2.75) is 64.1 Å². The van der Waals surface area contributed by atoms with Crippen molar-refractivity contribution in [3.8, 4) is 0 Å². The van der Waals surface area contributed by atoms with Gasteiger partial charge in [0, 0.05) is 24.5 Å². The van der Waals surface area contributed by atoms with Gasteiger partial charge in [-0.15, -0.1) is 0 Å². The zero-order chi connectivity index (χ0) is 18.7. The third kappa shape index (κ3) is 4.74. The van der Waals surface area contributed by atoms with Crippen LogP contribution in [0.5, 0.6) is 0 Å². The molecule has 26 heavy (non-hydrogen) atoms. The highest BCUT2D eigenvalue weighted by molar-refractivity contribution is 5.93. The molecule has 1 saturated carbocycles. The maximum Gasteiger partial charge on any atom is 0.407 e. The van der Waals surface area contributed by atoms with E-state index in [1.807, 2.05) is 49.6 Å². The molecular formula is C19H26N4O3. The predicted molar refractivity (Wildman–Crippen MR) is 98.1 cm³/mol. The normalized spacial score (nSPS) is 20.6. The van der Waals surface area contributed by atoms with E-state index < -0.39 is 5.60 Å². The number of hydrogen-bond donors (Lipinski definition) is 2. The summed E-state index contributed by atoms with van der Waals surface area (Å²) in [5.74, 6) is -0.155. The van der Waals surface area contributed by atoms with E-state index in [4.69, 9.17) is 4.74 Å². The fourth-order valence-electron chi connectivity index (χ4n) is 3.16. The largest absolute Gasteiger partial charge is 0.444 e.